The smallest absolute Gasteiger partial charge is 0.303 e. The average Bonchev–Trinajstić information content (AvgIpc) is 2.89. The molecule has 2 aliphatic heterocycles. The van der Waals surface area contributed by atoms with E-state index < -0.39 is 23.8 Å². The van der Waals surface area contributed by atoms with Gasteiger partial charge in [-0.1, -0.05) is 48.0 Å². The quantitative estimate of drug-likeness (QED) is 0.614. The lowest BCUT2D eigenvalue weighted by Gasteiger charge is -2.19. The number of rotatable bonds is 2. The molecule has 5 amide bonds. The van der Waals surface area contributed by atoms with Crippen LogP contribution in [0.3, 0.4) is 0 Å². The summed E-state index contributed by atoms with van der Waals surface area (Å²) in [6.07, 6.45) is 0. The normalized spacial score (nSPS) is 16.4. The van der Waals surface area contributed by atoms with Gasteiger partial charge < -0.3 is 4.90 Å². The molecule has 2 heterocycles. The zero-order valence-electron chi connectivity index (χ0n) is 13.8. The van der Waals surface area contributed by atoms with Crippen LogP contribution in [0.4, 0.5) is 10.5 Å². The highest BCUT2D eigenvalue weighted by Crippen LogP contribution is 2.40. The third-order valence-electron chi connectivity index (χ3n) is 4.37. The van der Waals surface area contributed by atoms with E-state index in [0.29, 0.717) is 16.3 Å². The van der Waals surface area contributed by atoms with Crippen LogP contribution in [0.5, 0.6) is 0 Å². The molecular formula is C19H12ClN3O4. The zero-order chi connectivity index (χ0) is 19.1. The molecule has 0 spiro atoms. The molecule has 2 N–H and O–H groups in total. The first kappa shape index (κ1) is 17.0. The highest BCUT2D eigenvalue weighted by molar-refractivity contribution is 6.44. The minimum atomic E-state index is -0.916. The minimum Gasteiger partial charge on any atom is -0.303 e. The molecule has 2 aromatic carbocycles. The Labute approximate surface area is 158 Å². The fourth-order valence-corrected chi connectivity index (χ4v) is 3.36. The number of carbonyl (C=O) groups is 4. The maximum Gasteiger partial charge on any atom is 0.328 e. The lowest BCUT2D eigenvalue weighted by molar-refractivity contribution is -0.124. The number of urea groups is 1. The van der Waals surface area contributed by atoms with Crippen LogP contribution in [0.15, 0.2) is 54.1 Å². The van der Waals surface area contributed by atoms with E-state index in [1.807, 2.05) is 10.6 Å². The number of hydrogen-bond acceptors (Lipinski definition) is 4. The topological polar surface area (TPSA) is 95.6 Å². The summed E-state index contributed by atoms with van der Waals surface area (Å²) in [6.45, 7) is 0.175. The molecule has 7 nitrogen and oxygen atoms in total. The molecule has 8 heteroatoms. The molecular weight excluding hydrogens is 370 g/mol. The van der Waals surface area contributed by atoms with Gasteiger partial charge in [-0.3, -0.25) is 25.0 Å². The van der Waals surface area contributed by atoms with Gasteiger partial charge in [0.2, 0.25) is 0 Å². The van der Waals surface area contributed by atoms with E-state index in [9.17, 15) is 19.2 Å². The Morgan fingerprint density at radius 3 is 2.15 bits per heavy atom. The molecule has 27 heavy (non-hydrogen) atoms. The Morgan fingerprint density at radius 2 is 1.44 bits per heavy atom. The predicted octanol–water partition coefficient (Wildman–Crippen LogP) is 2.01. The van der Waals surface area contributed by atoms with Crippen LogP contribution in [0.1, 0.15) is 11.1 Å². The fourth-order valence-electron chi connectivity index (χ4n) is 3.17. The van der Waals surface area contributed by atoms with Gasteiger partial charge in [0.25, 0.3) is 17.7 Å². The van der Waals surface area contributed by atoms with Crippen molar-refractivity contribution in [2.75, 3.05) is 4.90 Å². The number of anilines is 1. The van der Waals surface area contributed by atoms with Crippen molar-refractivity contribution < 1.29 is 19.2 Å². The van der Waals surface area contributed by atoms with Crippen LogP contribution in [-0.2, 0) is 20.9 Å². The van der Waals surface area contributed by atoms with Crippen LogP contribution in [0.2, 0.25) is 5.02 Å². The van der Waals surface area contributed by atoms with E-state index >= 15 is 0 Å². The van der Waals surface area contributed by atoms with Crippen molar-refractivity contribution in [3.8, 4) is 0 Å². The molecule has 0 saturated carbocycles. The van der Waals surface area contributed by atoms with Gasteiger partial charge in [-0.05, 0) is 17.7 Å². The van der Waals surface area contributed by atoms with Crippen LogP contribution in [0, 0.1) is 0 Å². The van der Waals surface area contributed by atoms with Crippen LogP contribution in [0.25, 0.3) is 5.57 Å². The van der Waals surface area contributed by atoms with Crippen LogP contribution in [-0.4, -0.2) is 23.8 Å². The van der Waals surface area contributed by atoms with Crippen molar-refractivity contribution in [3.63, 3.8) is 0 Å². The average molecular weight is 382 g/mol. The third kappa shape index (κ3) is 2.78. The number of amides is 5. The second-order valence-electron chi connectivity index (χ2n) is 5.99. The summed E-state index contributed by atoms with van der Waals surface area (Å²) in [5, 5.41) is 4.51. The molecule has 0 unspecified atom stereocenters. The van der Waals surface area contributed by atoms with Gasteiger partial charge in [-0.2, -0.15) is 0 Å². The standard InChI is InChI=1S/C19H12ClN3O4/c20-12-7-3-1-5-10(12)9-23-13-8-4-2-6-11(13)14(18(23)26)15-16(24)21-19(27)22-17(15)25/h1-8H,9H2,(H2,21,22,24,25,27). The van der Waals surface area contributed by atoms with Crippen LogP contribution >= 0.6 is 11.6 Å². The first-order valence-electron chi connectivity index (χ1n) is 8.03. The fraction of sp³-hybridized carbons (Fsp3) is 0.0526. The highest BCUT2D eigenvalue weighted by Gasteiger charge is 2.40. The number of nitrogens with zero attached hydrogens (tertiary/aromatic N) is 1. The van der Waals surface area contributed by atoms with Gasteiger partial charge in [-0.25, -0.2) is 4.79 Å². The molecule has 2 aliphatic rings. The van der Waals surface area contributed by atoms with Gasteiger partial charge in [0, 0.05) is 10.6 Å². The van der Waals surface area contributed by atoms with E-state index in [4.69, 9.17) is 11.6 Å². The number of carbonyl (C=O) groups excluding carboxylic acids is 4. The molecule has 0 aliphatic carbocycles. The summed E-state index contributed by atoms with van der Waals surface area (Å²) >= 11 is 6.21. The second-order valence-corrected chi connectivity index (χ2v) is 6.39. The number of fused-ring (bicyclic) bond motifs is 1. The zero-order valence-corrected chi connectivity index (χ0v) is 14.5. The molecule has 2 aromatic rings. The van der Waals surface area contributed by atoms with Crippen molar-refractivity contribution in [3.05, 3.63) is 70.3 Å². The maximum absolute atomic E-state index is 13.1. The van der Waals surface area contributed by atoms with Crippen LogP contribution < -0.4 is 15.5 Å². The summed E-state index contributed by atoms with van der Waals surface area (Å²) in [4.78, 5) is 50.4. The number of halogens is 1. The number of imide groups is 2. The Bertz CT molecular complexity index is 1040. The van der Waals surface area contributed by atoms with Crippen molar-refractivity contribution in [1.29, 1.82) is 0 Å². The van der Waals surface area contributed by atoms with E-state index in [1.54, 1.807) is 48.5 Å². The molecule has 4 rings (SSSR count). The summed E-state index contributed by atoms with van der Waals surface area (Å²) < 4.78 is 0. The molecule has 0 aromatic heterocycles. The van der Waals surface area contributed by atoms with Gasteiger partial charge in [-0.15, -0.1) is 0 Å². The van der Waals surface area contributed by atoms with Crippen molar-refractivity contribution >= 4 is 46.6 Å². The third-order valence-corrected chi connectivity index (χ3v) is 4.74. The van der Waals surface area contributed by atoms with E-state index in [2.05, 4.69) is 0 Å². The number of nitrogens with one attached hydrogen (secondary N) is 2. The molecule has 1 saturated heterocycles. The molecule has 0 radical (unpaired) electrons. The SMILES string of the molecule is O=C1NC(=O)C(=C2C(=O)N(Cc3ccccc3Cl)c3ccccc32)C(=O)N1. The van der Waals surface area contributed by atoms with Gasteiger partial charge in [0.1, 0.15) is 5.57 Å². The second kappa shape index (κ2) is 6.37. The van der Waals surface area contributed by atoms with E-state index in [0.717, 1.165) is 5.56 Å². The van der Waals surface area contributed by atoms with E-state index in [-0.39, 0.29) is 17.7 Å². The number of hydrogen-bond donors (Lipinski definition) is 2. The van der Waals surface area contributed by atoms with E-state index in [1.165, 1.54) is 4.90 Å². The molecule has 0 bridgehead atoms. The maximum atomic E-state index is 13.1. The number of barbiturate groups is 1. The van der Waals surface area contributed by atoms with Gasteiger partial charge >= 0.3 is 6.03 Å². The highest BCUT2D eigenvalue weighted by atomic mass is 35.5. The Hall–Kier alpha value is -3.45. The summed E-state index contributed by atoms with van der Waals surface area (Å²) in [5.74, 6) is -2.31. The number of para-hydroxylation sites is 1. The Balaban J connectivity index is 1.84. The Kier molecular flexibility index (Phi) is 4.01. The summed E-state index contributed by atoms with van der Waals surface area (Å²) in [6, 6.07) is 13.0. The van der Waals surface area contributed by atoms with Gasteiger partial charge in [0.05, 0.1) is 17.8 Å². The van der Waals surface area contributed by atoms with Crippen molar-refractivity contribution in [1.82, 2.24) is 10.6 Å². The minimum absolute atomic E-state index is 0.0415. The summed E-state index contributed by atoms with van der Waals surface area (Å²) in [7, 11) is 0. The monoisotopic (exact) mass is 381 g/mol. The first-order chi connectivity index (χ1) is 13.0. The predicted molar refractivity (Wildman–Crippen MR) is 97.7 cm³/mol. The van der Waals surface area contributed by atoms with Gasteiger partial charge in [0.15, 0.2) is 0 Å². The van der Waals surface area contributed by atoms with Crippen molar-refractivity contribution in [2.45, 2.75) is 6.54 Å². The first-order valence-corrected chi connectivity index (χ1v) is 8.41. The lowest BCUT2D eigenvalue weighted by Crippen LogP contribution is -2.52. The number of benzene rings is 2. The molecule has 1 fully saturated rings. The molecule has 0 atom stereocenters. The van der Waals surface area contributed by atoms with Crippen molar-refractivity contribution in [2.24, 2.45) is 0 Å². The Morgan fingerprint density at radius 1 is 0.815 bits per heavy atom. The summed E-state index contributed by atoms with van der Waals surface area (Å²) in [5.41, 5.74) is 1.31. The lowest BCUT2D eigenvalue weighted by atomic mass is 9.99. The largest absolute Gasteiger partial charge is 0.328 e. The molecule has 134 valence electrons.